The fourth-order valence-electron chi connectivity index (χ4n) is 3.42. The van der Waals surface area contributed by atoms with Gasteiger partial charge in [-0.3, -0.25) is 0 Å². The second-order valence-electron chi connectivity index (χ2n) is 6.32. The summed E-state index contributed by atoms with van der Waals surface area (Å²) in [6, 6.07) is 0.313. The third-order valence-corrected chi connectivity index (χ3v) is 5.77. The van der Waals surface area contributed by atoms with Crippen LogP contribution in [0.1, 0.15) is 43.6 Å². The summed E-state index contributed by atoms with van der Waals surface area (Å²) >= 11 is 1.91. The van der Waals surface area contributed by atoms with E-state index in [2.05, 4.69) is 32.6 Å². The van der Waals surface area contributed by atoms with Crippen molar-refractivity contribution in [1.82, 2.24) is 20.2 Å². The normalized spacial score (nSPS) is 24.0. The smallest absolute Gasteiger partial charge is 0.315 e. The van der Waals surface area contributed by atoms with Crippen molar-refractivity contribution in [3.63, 3.8) is 0 Å². The molecule has 2 aliphatic rings. The summed E-state index contributed by atoms with van der Waals surface area (Å²) in [7, 11) is 0. The van der Waals surface area contributed by atoms with Crippen LogP contribution < -0.4 is 10.6 Å². The van der Waals surface area contributed by atoms with Gasteiger partial charge in [0.1, 0.15) is 5.82 Å². The molecule has 0 aromatic carbocycles. The highest BCUT2D eigenvalue weighted by Gasteiger charge is 2.24. The van der Waals surface area contributed by atoms with E-state index in [0.717, 1.165) is 37.9 Å². The molecule has 0 radical (unpaired) electrons. The van der Waals surface area contributed by atoms with Gasteiger partial charge in [-0.1, -0.05) is 0 Å². The molecule has 22 heavy (non-hydrogen) atoms. The molecule has 1 aliphatic heterocycles. The van der Waals surface area contributed by atoms with Crippen LogP contribution in [0.2, 0.25) is 0 Å². The van der Waals surface area contributed by atoms with Crippen molar-refractivity contribution in [3.8, 4) is 0 Å². The molecule has 1 aliphatic carbocycles. The van der Waals surface area contributed by atoms with Gasteiger partial charge in [0.05, 0.1) is 5.69 Å². The van der Waals surface area contributed by atoms with Crippen LogP contribution in [-0.2, 0) is 19.4 Å². The molecule has 2 atom stereocenters. The fourth-order valence-corrected chi connectivity index (χ4v) is 4.21. The highest BCUT2D eigenvalue weighted by atomic mass is 32.2. The van der Waals surface area contributed by atoms with E-state index in [9.17, 15) is 4.79 Å². The molecule has 2 N–H and O–H groups in total. The van der Waals surface area contributed by atoms with Gasteiger partial charge in [0.15, 0.2) is 0 Å². The minimum atomic E-state index is -0.0317. The van der Waals surface area contributed by atoms with Gasteiger partial charge in [-0.05, 0) is 38.4 Å². The molecule has 3 rings (SSSR count). The van der Waals surface area contributed by atoms with E-state index < -0.39 is 0 Å². The number of aryl methyl sites for hydroxylation is 2. The molecule has 0 saturated heterocycles. The number of urea groups is 1. The number of carbonyl (C=O) groups excluding carboxylic acids is 1. The summed E-state index contributed by atoms with van der Waals surface area (Å²) in [5, 5.41) is 6.76. The molecule has 5 nitrogen and oxygen atoms in total. The van der Waals surface area contributed by atoms with E-state index in [-0.39, 0.29) is 6.03 Å². The first-order chi connectivity index (χ1) is 10.7. The van der Waals surface area contributed by atoms with Gasteiger partial charge in [-0.25, -0.2) is 9.78 Å². The standard InChI is InChI=1S/C16H26N4OS/c1-22-14-6-5-12(10-14)19-16(21)17-8-7-13-11-20-9-3-2-4-15(20)18-13/h11-12,14H,2-10H2,1H3,(H2,17,19,21)/t12-,14+/m1/s1. The zero-order chi connectivity index (χ0) is 15.4. The lowest BCUT2D eigenvalue weighted by Gasteiger charge is -2.13. The number of amides is 2. The first kappa shape index (κ1) is 15.7. The lowest BCUT2D eigenvalue weighted by molar-refractivity contribution is 0.237. The Labute approximate surface area is 136 Å². The Balaban J connectivity index is 1.37. The molecule has 6 heteroatoms. The maximum Gasteiger partial charge on any atom is 0.315 e. The van der Waals surface area contributed by atoms with Crippen molar-refractivity contribution >= 4 is 17.8 Å². The van der Waals surface area contributed by atoms with E-state index in [1.165, 1.54) is 25.1 Å². The van der Waals surface area contributed by atoms with Gasteiger partial charge >= 0.3 is 6.03 Å². The number of thioether (sulfide) groups is 1. The van der Waals surface area contributed by atoms with Crippen LogP contribution in [0.4, 0.5) is 4.79 Å². The molecule has 1 saturated carbocycles. The Hall–Kier alpha value is -1.17. The lowest BCUT2D eigenvalue weighted by atomic mass is 10.2. The predicted octanol–water partition coefficient (Wildman–Crippen LogP) is 2.35. The number of nitrogens with one attached hydrogen (secondary N) is 2. The maximum atomic E-state index is 11.9. The maximum absolute atomic E-state index is 11.9. The van der Waals surface area contributed by atoms with E-state index in [0.29, 0.717) is 17.8 Å². The van der Waals surface area contributed by atoms with Crippen LogP contribution in [0.25, 0.3) is 0 Å². The summed E-state index contributed by atoms with van der Waals surface area (Å²) < 4.78 is 2.26. The monoisotopic (exact) mass is 322 g/mol. The van der Waals surface area contributed by atoms with Gasteiger partial charge in [0.2, 0.25) is 0 Å². The quantitative estimate of drug-likeness (QED) is 0.875. The molecule has 0 unspecified atom stereocenters. The van der Waals surface area contributed by atoms with Gasteiger partial charge in [0.25, 0.3) is 0 Å². The van der Waals surface area contributed by atoms with Gasteiger partial charge in [-0.15, -0.1) is 0 Å². The summed E-state index contributed by atoms with van der Waals surface area (Å²) in [6.07, 6.45) is 12.1. The van der Waals surface area contributed by atoms with Crippen LogP contribution in [-0.4, -0.2) is 39.7 Å². The molecular formula is C16H26N4OS. The number of aromatic nitrogens is 2. The van der Waals surface area contributed by atoms with Crippen molar-refractivity contribution in [1.29, 1.82) is 0 Å². The Morgan fingerprint density at radius 3 is 3.14 bits per heavy atom. The second kappa shape index (κ2) is 7.40. The van der Waals surface area contributed by atoms with Crippen molar-refractivity contribution in [2.75, 3.05) is 12.8 Å². The van der Waals surface area contributed by atoms with Crippen LogP contribution in [0.5, 0.6) is 0 Å². The average Bonchev–Trinajstić information content (AvgIpc) is 3.13. The van der Waals surface area contributed by atoms with Crippen LogP contribution in [0.3, 0.4) is 0 Å². The third-order valence-electron chi connectivity index (χ3n) is 4.68. The highest BCUT2D eigenvalue weighted by Crippen LogP contribution is 2.27. The van der Waals surface area contributed by atoms with Crippen LogP contribution in [0, 0.1) is 0 Å². The number of hydrogen-bond donors (Lipinski definition) is 2. The van der Waals surface area contributed by atoms with Crippen LogP contribution >= 0.6 is 11.8 Å². The molecule has 0 spiro atoms. The lowest BCUT2D eigenvalue weighted by Crippen LogP contribution is -2.41. The van der Waals surface area contributed by atoms with Crippen molar-refractivity contribution < 1.29 is 4.79 Å². The fraction of sp³-hybridized carbons (Fsp3) is 0.750. The minimum absolute atomic E-state index is 0.0317. The molecule has 2 heterocycles. The Morgan fingerprint density at radius 1 is 1.45 bits per heavy atom. The predicted molar refractivity (Wildman–Crippen MR) is 90.3 cm³/mol. The molecule has 2 amide bonds. The molecular weight excluding hydrogens is 296 g/mol. The number of rotatable bonds is 5. The summed E-state index contributed by atoms with van der Waals surface area (Å²) in [6.45, 7) is 1.75. The summed E-state index contributed by atoms with van der Waals surface area (Å²) in [5.41, 5.74) is 1.10. The zero-order valence-corrected chi connectivity index (χ0v) is 14.1. The Kier molecular flexibility index (Phi) is 5.28. The van der Waals surface area contributed by atoms with Crippen molar-refractivity contribution in [2.24, 2.45) is 0 Å². The highest BCUT2D eigenvalue weighted by molar-refractivity contribution is 7.99. The van der Waals surface area contributed by atoms with Gasteiger partial charge in [0, 0.05) is 43.4 Å². The number of fused-ring (bicyclic) bond motifs is 1. The summed E-state index contributed by atoms with van der Waals surface area (Å²) in [4.78, 5) is 16.6. The topological polar surface area (TPSA) is 59.0 Å². The van der Waals surface area contributed by atoms with Gasteiger partial charge in [-0.2, -0.15) is 11.8 Å². The van der Waals surface area contributed by atoms with Crippen molar-refractivity contribution in [2.45, 2.75) is 62.8 Å². The number of imidazole rings is 1. The van der Waals surface area contributed by atoms with Gasteiger partial charge < -0.3 is 15.2 Å². The van der Waals surface area contributed by atoms with E-state index in [1.54, 1.807) is 0 Å². The third kappa shape index (κ3) is 3.97. The van der Waals surface area contributed by atoms with Crippen molar-refractivity contribution in [3.05, 3.63) is 17.7 Å². The van der Waals surface area contributed by atoms with E-state index >= 15 is 0 Å². The first-order valence-electron chi connectivity index (χ1n) is 8.36. The average molecular weight is 322 g/mol. The number of nitrogens with zero attached hydrogens (tertiary/aromatic N) is 2. The largest absolute Gasteiger partial charge is 0.338 e. The summed E-state index contributed by atoms with van der Waals surface area (Å²) in [5.74, 6) is 1.21. The number of carbonyl (C=O) groups is 1. The molecule has 122 valence electrons. The van der Waals surface area contributed by atoms with E-state index in [1.807, 2.05) is 11.8 Å². The SMILES string of the molecule is CS[C@H]1CC[C@@H](NC(=O)NCCc2cn3c(n2)CCCC3)C1. The van der Waals surface area contributed by atoms with Crippen LogP contribution in [0.15, 0.2) is 6.20 Å². The molecule has 1 aromatic heterocycles. The molecule has 0 bridgehead atoms. The second-order valence-corrected chi connectivity index (χ2v) is 7.45. The van der Waals surface area contributed by atoms with E-state index in [4.69, 9.17) is 0 Å². The molecule has 1 aromatic rings. The number of hydrogen-bond acceptors (Lipinski definition) is 3. The minimum Gasteiger partial charge on any atom is -0.338 e. The Bertz CT molecular complexity index is 493. The first-order valence-corrected chi connectivity index (χ1v) is 9.65. The zero-order valence-electron chi connectivity index (χ0n) is 13.3. The molecule has 1 fully saturated rings. The Morgan fingerprint density at radius 2 is 2.36 bits per heavy atom.